The quantitative estimate of drug-likeness (QED) is 0.642. The van der Waals surface area contributed by atoms with E-state index in [9.17, 15) is 26.7 Å². The van der Waals surface area contributed by atoms with E-state index >= 15 is 0 Å². The van der Waals surface area contributed by atoms with Crippen molar-refractivity contribution >= 4 is 0 Å². The highest BCUT2D eigenvalue weighted by molar-refractivity contribution is 5.56. The largest absolute Gasteiger partial charge is 0.416 e. The molecule has 1 aliphatic heterocycles. The van der Waals surface area contributed by atoms with Gasteiger partial charge in [0.25, 0.3) is 5.56 Å². The van der Waals surface area contributed by atoms with Gasteiger partial charge in [0.15, 0.2) is 11.6 Å². The number of rotatable bonds is 3. The maximum absolute atomic E-state index is 13.4. The van der Waals surface area contributed by atoms with E-state index in [1.807, 2.05) is 4.90 Å². The van der Waals surface area contributed by atoms with Crippen molar-refractivity contribution in [2.75, 3.05) is 6.54 Å². The smallest absolute Gasteiger partial charge is 0.306 e. The summed E-state index contributed by atoms with van der Waals surface area (Å²) in [6.07, 6.45) is -3.98. The lowest BCUT2D eigenvalue weighted by Crippen LogP contribution is -2.35. The molecule has 30 heavy (non-hydrogen) atoms. The van der Waals surface area contributed by atoms with Crippen LogP contribution >= 0.6 is 0 Å². The predicted molar refractivity (Wildman–Crippen MR) is 99.5 cm³/mol. The molecule has 3 aromatic rings. The Labute approximate surface area is 168 Å². The van der Waals surface area contributed by atoms with Crippen LogP contribution in [0.4, 0.5) is 22.0 Å². The Morgan fingerprint density at radius 1 is 1.03 bits per heavy atom. The molecule has 2 heterocycles. The van der Waals surface area contributed by atoms with Gasteiger partial charge in [0.05, 0.1) is 16.8 Å². The van der Waals surface area contributed by atoms with E-state index in [1.54, 1.807) is 0 Å². The zero-order chi connectivity index (χ0) is 21.5. The van der Waals surface area contributed by atoms with Gasteiger partial charge in [0, 0.05) is 31.6 Å². The molecule has 9 heteroatoms. The van der Waals surface area contributed by atoms with Gasteiger partial charge in [-0.05, 0) is 29.8 Å². The van der Waals surface area contributed by atoms with Crippen LogP contribution in [0.3, 0.4) is 0 Å². The molecule has 1 N–H and O–H groups in total. The summed E-state index contributed by atoms with van der Waals surface area (Å²) in [6, 6.07) is 8.10. The Balaban J connectivity index is 1.55. The van der Waals surface area contributed by atoms with Crippen LogP contribution in [-0.4, -0.2) is 21.4 Å². The van der Waals surface area contributed by atoms with Gasteiger partial charge in [-0.25, -0.2) is 13.8 Å². The second-order valence-electron chi connectivity index (χ2n) is 7.12. The van der Waals surface area contributed by atoms with Crippen molar-refractivity contribution in [3.05, 3.63) is 86.8 Å². The van der Waals surface area contributed by atoms with E-state index in [0.29, 0.717) is 41.9 Å². The number of benzene rings is 2. The van der Waals surface area contributed by atoms with Crippen LogP contribution in [0.5, 0.6) is 0 Å². The van der Waals surface area contributed by atoms with Crippen molar-refractivity contribution in [1.82, 2.24) is 14.9 Å². The lowest BCUT2D eigenvalue weighted by molar-refractivity contribution is -0.137. The molecule has 0 radical (unpaired) electrons. The van der Waals surface area contributed by atoms with Gasteiger partial charge in [-0.1, -0.05) is 18.2 Å². The lowest BCUT2D eigenvalue weighted by atomic mass is 10.0. The van der Waals surface area contributed by atoms with E-state index in [-0.39, 0.29) is 17.9 Å². The number of aromatic nitrogens is 2. The molecule has 0 atom stereocenters. The highest BCUT2D eigenvalue weighted by Crippen LogP contribution is 2.30. The van der Waals surface area contributed by atoms with Gasteiger partial charge in [0.2, 0.25) is 0 Å². The van der Waals surface area contributed by atoms with Crippen molar-refractivity contribution in [3.63, 3.8) is 0 Å². The van der Waals surface area contributed by atoms with Crippen molar-refractivity contribution < 1.29 is 22.0 Å². The number of hydrogen-bond donors (Lipinski definition) is 1. The van der Waals surface area contributed by atoms with Crippen LogP contribution in [-0.2, 0) is 25.7 Å². The minimum absolute atomic E-state index is 0.210. The predicted octanol–water partition coefficient (Wildman–Crippen LogP) is 4.29. The monoisotopic (exact) mass is 421 g/mol. The number of alkyl halides is 3. The Morgan fingerprint density at radius 2 is 1.77 bits per heavy atom. The summed E-state index contributed by atoms with van der Waals surface area (Å²) < 4.78 is 64.7. The fourth-order valence-electron chi connectivity index (χ4n) is 3.47. The zero-order valence-electron chi connectivity index (χ0n) is 15.6. The van der Waals surface area contributed by atoms with Gasteiger partial charge in [-0.3, -0.25) is 9.69 Å². The molecule has 0 unspecified atom stereocenters. The van der Waals surface area contributed by atoms with E-state index in [1.165, 1.54) is 18.2 Å². The van der Waals surface area contributed by atoms with E-state index < -0.39 is 23.4 Å². The number of fused-ring (bicyclic) bond motifs is 1. The molecule has 1 aliphatic rings. The first kappa shape index (κ1) is 20.2. The average molecular weight is 421 g/mol. The fourth-order valence-corrected chi connectivity index (χ4v) is 3.47. The molecule has 0 saturated heterocycles. The second-order valence-corrected chi connectivity index (χ2v) is 7.12. The highest BCUT2D eigenvalue weighted by atomic mass is 19.4. The van der Waals surface area contributed by atoms with Crippen LogP contribution in [0.25, 0.3) is 11.4 Å². The van der Waals surface area contributed by atoms with Crippen molar-refractivity contribution in [2.24, 2.45) is 0 Å². The summed E-state index contributed by atoms with van der Waals surface area (Å²) in [5.41, 5.74) is 0.856. The van der Waals surface area contributed by atoms with Crippen LogP contribution in [0.15, 0.2) is 47.3 Å². The third-order valence-electron chi connectivity index (χ3n) is 5.02. The van der Waals surface area contributed by atoms with Gasteiger partial charge >= 0.3 is 6.18 Å². The number of nitrogens with one attached hydrogen (secondary N) is 1. The van der Waals surface area contributed by atoms with Gasteiger partial charge in [-0.15, -0.1) is 0 Å². The number of halogens is 5. The Bertz CT molecular complexity index is 1140. The first-order valence-corrected chi connectivity index (χ1v) is 9.16. The van der Waals surface area contributed by atoms with Gasteiger partial charge in [-0.2, -0.15) is 13.2 Å². The first-order valence-electron chi connectivity index (χ1n) is 9.16. The number of aromatic amines is 1. The third kappa shape index (κ3) is 4.11. The van der Waals surface area contributed by atoms with Gasteiger partial charge < -0.3 is 4.98 Å². The van der Waals surface area contributed by atoms with E-state index in [2.05, 4.69) is 9.97 Å². The molecular formula is C21H16F5N3O. The molecule has 0 saturated carbocycles. The van der Waals surface area contributed by atoms with Crippen molar-refractivity contribution in [2.45, 2.75) is 25.7 Å². The topological polar surface area (TPSA) is 49.0 Å². The molecule has 0 amide bonds. The lowest BCUT2D eigenvalue weighted by Gasteiger charge is -2.27. The van der Waals surface area contributed by atoms with Crippen molar-refractivity contribution in [3.8, 4) is 11.4 Å². The minimum atomic E-state index is -4.44. The maximum Gasteiger partial charge on any atom is 0.416 e. The second kappa shape index (κ2) is 7.64. The Kier molecular flexibility index (Phi) is 5.15. The SMILES string of the molecule is O=c1[nH]c(-c2ccc(C(F)(F)F)cc2)nc2c1CN(Cc1ccc(F)c(F)c1)CC2. The molecule has 0 aliphatic carbocycles. The molecule has 0 spiro atoms. The normalized spacial score (nSPS) is 14.6. The minimum Gasteiger partial charge on any atom is -0.306 e. The van der Waals surface area contributed by atoms with Crippen LogP contribution < -0.4 is 5.56 Å². The summed E-state index contributed by atoms with van der Waals surface area (Å²) in [4.78, 5) is 21.5. The molecule has 4 rings (SSSR count). The fraction of sp³-hybridized carbons (Fsp3) is 0.238. The Hall–Kier alpha value is -3.07. The van der Waals surface area contributed by atoms with E-state index in [0.717, 1.165) is 24.3 Å². The van der Waals surface area contributed by atoms with Crippen LogP contribution in [0, 0.1) is 11.6 Å². The van der Waals surface area contributed by atoms with Gasteiger partial charge in [0.1, 0.15) is 5.82 Å². The van der Waals surface area contributed by atoms with E-state index in [4.69, 9.17) is 0 Å². The summed E-state index contributed by atoms with van der Waals surface area (Å²) in [6.45, 7) is 1.18. The molecular weight excluding hydrogens is 405 g/mol. The molecule has 4 nitrogen and oxygen atoms in total. The maximum atomic E-state index is 13.4. The molecule has 2 aromatic carbocycles. The molecule has 0 bridgehead atoms. The third-order valence-corrected chi connectivity index (χ3v) is 5.02. The summed E-state index contributed by atoms with van der Waals surface area (Å²) in [7, 11) is 0. The average Bonchev–Trinajstić information content (AvgIpc) is 2.70. The van der Waals surface area contributed by atoms with Crippen LogP contribution in [0.1, 0.15) is 22.4 Å². The zero-order valence-corrected chi connectivity index (χ0v) is 15.6. The molecule has 156 valence electrons. The standard InChI is InChI=1S/C21H16F5N3O/c22-16-6-1-12(9-17(16)23)10-29-8-7-18-15(11-29)20(30)28-19(27-18)13-2-4-14(5-3-13)21(24,25)26/h1-6,9H,7-8,10-11H2,(H,27,28,30). The first-order chi connectivity index (χ1) is 14.2. The van der Waals surface area contributed by atoms with Crippen molar-refractivity contribution in [1.29, 1.82) is 0 Å². The number of hydrogen-bond acceptors (Lipinski definition) is 3. The highest BCUT2D eigenvalue weighted by Gasteiger charge is 2.30. The Morgan fingerprint density at radius 3 is 2.43 bits per heavy atom. The summed E-state index contributed by atoms with van der Waals surface area (Å²) in [5, 5.41) is 0. The molecule has 0 fully saturated rings. The summed E-state index contributed by atoms with van der Waals surface area (Å²) in [5.74, 6) is -1.63. The molecule has 1 aromatic heterocycles. The number of nitrogens with zero attached hydrogens (tertiary/aromatic N) is 2. The van der Waals surface area contributed by atoms with Crippen LogP contribution in [0.2, 0.25) is 0 Å². The number of H-pyrrole nitrogens is 1. The summed E-state index contributed by atoms with van der Waals surface area (Å²) >= 11 is 0.